The lowest BCUT2D eigenvalue weighted by atomic mass is 10.2. The number of rotatable bonds is 3. The summed E-state index contributed by atoms with van der Waals surface area (Å²) in [6.45, 7) is 4.94. The molecule has 0 aromatic heterocycles. The highest BCUT2D eigenvalue weighted by molar-refractivity contribution is 7.90. The maximum atomic E-state index is 11.6. The highest BCUT2D eigenvalue weighted by Crippen LogP contribution is 2.28. The average Bonchev–Trinajstić information content (AvgIpc) is 2.24. The lowest BCUT2D eigenvalue weighted by Gasteiger charge is -2.19. The van der Waals surface area contributed by atoms with E-state index in [0.717, 1.165) is 18.4 Å². The Bertz CT molecular complexity index is 675. The summed E-state index contributed by atoms with van der Waals surface area (Å²) in [5.74, 6) is 0. The van der Waals surface area contributed by atoms with E-state index in [1.54, 1.807) is 20.8 Å². The Balaban J connectivity index is 3.14. The van der Waals surface area contributed by atoms with E-state index in [0.29, 0.717) is 0 Å². The van der Waals surface area contributed by atoms with E-state index in [2.05, 4.69) is 5.32 Å². The Hall–Kier alpha value is -2.16. The molecular weight excluding hydrogens is 300 g/mol. The number of carbonyl (C=O) groups is 1. The topological polar surface area (TPSA) is 116 Å². The van der Waals surface area contributed by atoms with E-state index in [1.807, 2.05) is 0 Å². The van der Waals surface area contributed by atoms with Crippen molar-refractivity contribution in [3.05, 3.63) is 28.3 Å². The number of hydrogen-bond acceptors (Lipinski definition) is 6. The maximum absolute atomic E-state index is 11.6. The van der Waals surface area contributed by atoms with Crippen LogP contribution in [0.1, 0.15) is 20.8 Å². The van der Waals surface area contributed by atoms with Gasteiger partial charge in [-0.25, -0.2) is 13.2 Å². The fourth-order valence-corrected chi connectivity index (χ4v) is 2.05. The predicted octanol–water partition coefficient (Wildman–Crippen LogP) is 2.35. The van der Waals surface area contributed by atoms with Gasteiger partial charge in [-0.2, -0.15) is 0 Å². The molecule has 0 aliphatic carbocycles. The molecule has 116 valence electrons. The van der Waals surface area contributed by atoms with Gasteiger partial charge in [0.05, 0.1) is 9.82 Å². The molecule has 1 aromatic carbocycles. The number of nitro groups is 1. The number of nitrogens with zero attached hydrogens (tertiary/aromatic N) is 1. The van der Waals surface area contributed by atoms with Crippen LogP contribution in [0.2, 0.25) is 0 Å². The number of amides is 1. The van der Waals surface area contributed by atoms with E-state index in [4.69, 9.17) is 4.74 Å². The van der Waals surface area contributed by atoms with E-state index >= 15 is 0 Å². The van der Waals surface area contributed by atoms with E-state index < -0.39 is 32.1 Å². The molecule has 0 aliphatic rings. The summed E-state index contributed by atoms with van der Waals surface area (Å²) in [5.41, 5.74) is -1.42. The molecule has 1 N–H and O–H groups in total. The second kappa shape index (κ2) is 5.68. The lowest BCUT2D eigenvalue weighted by molar-refractivity contribution is -0.384. The van der Waals surface area contributed by atoms with Gasteiger partial charge in [-0.15, -0.1) is 0 Å². The molecule has 0 aliphatic heterocycles. The molecule has 0 fully saturated rings. The quantitative estimate of drug-likeness (QED) is 0.676. The maximum Gasteiger partial charge on any atom is 0.412 e. The Morgan fingerprint density at radius 2 is 1.90 bits per heavy atom. The van der Waals surface area contributed by atoms with Crippen LogP contribution >= 0.6 is 0 Å². The number of anilines is 1. The van der Waals surface area contributed by atoms with Crippen molar-refractivity contribution in [3.63, 3.8) is 0 Å². The van der Waals surface area contributed by atoms with Crippen molar-refractivity contribution < 1.29 is 22.9 Å². The minimum absolute atomic E-state index is 0.137. The number of sulfone groups is 1. The lowest BCUT2D eigenvalue weighted by Crippen LogP contribution is -2.27. The van der Waals surface area contributed by atoms with Gasteiger partial charge in [-0.05, 0) is 32.9 Å². The molecule has 1 rings (SSSR count). The van der Waals surface area contributed by atoms with Gasteiger partial charge in [-0.1, -0.05) is 0 Å². The summed E-state index contributed by atoms with van der Waals surface area (Å²) >= 11 is 0. The normalized spacial score (nSPS) is 11.8. The van der Waals surface area contributed by atoms with Crippen LogP contribution in [-0.2, 0) is 14.6 Å². The summed E-state index contributed by atoms with van der Waals surface area (Å²) in [7, 11) is -3.58. The SMILES string of the molecule is CC(C)(C)OC(=O)Nc1ccc(S(C)(=O)=O)cc1[N+](=O)[O-]. The predicted molar refractivity (Wildman–Crippen MR) is 76.1 cm³/mol. The van der Waals surface area contributed by atoms with Gasteiger partial charge in [0.25, 0.3) is 5.69 Å². The Kier molecular flexibility index (Phi) is 4.57. The fourth-order valence-electron chi connectivity index (χ4n) is 1.41. The summed E-state index contributed by atoms with van der Waals surface area (Å²) in [6, 6.07) is 3.22. The number of nitrogens with one attached hydrogen (secondary N) is 1. The van der Waals surface area contributed by atoms with Crippen molar-refractivity contribution in [2.45, 2.75) is 31.3 Å². The van der Waals surface area contributed by atoms with Gasteiger partial charge >= 0.3 is 6.09 Å². The highest BCUT2D eigenvalue weighted by atomic mass is 32.2. The van der Waals surface area contributed by atoms with Gasteiger partial charge in [0.15, 0.2) is 9.84 Å². The van der Waals surface area contributed by atoms with E-state index in [1.165, 1.54) is 6.07 Å². The molecule has 0 saturated heterocycles. The Morgan fingerprint density at radius 3 is 2.33 bits per heavy atom. The minimum Gasteiger partial charge on any atom is -0.444 e. The van der Waals surface area contributed by atoms with E-state index in [-0.39, 0.29) is 10.6 Å². The molecule has 0 heterocycles. The van der Waals surface area contributed by atoms with Gasteiger partial charge in [0.1, 0.15) is 11.3 Å². The van der Waals surface area contributed by atoms with Gasteiger partial charge < -0.3 is 4.74 Å². The smallest absolute Gasteiger partial charge is 0.412 e. The highest BCUT2D eigenvalue weighted by Gasteiger charge is 2.22. The third-order valence-corrected chi connectivity index (χ3v) is 3.34. The van der Waals surface area contributed by atoms with Crippen LogP contribution in [-0.4, -0.2) is 31.3 Å². The molecule has 0 saturated carbocycles. The first-order valence-electron chi connectivity index (χ1n) is 5.88. The molecule has 9 heteroatoms. The number of carbonyl (C=O) groups excluding carboxylic acids is 1. The Morgan fingerprint density at radius 1 is 1.33 bits per heavy atom. The second-order valence-corrected chi connectivity index (χ2v) is 7.35. The zero-order chi connectivity index (χ0) is 16.4. The molecule has 1 aromatic rings. The Labute approximate surface area is 122 Å². The van der Waals surface area contributed by atoms with Gasteiger partial charge in [0.2, 0.25) is 0 Å². The van der Waals surface area contributed by atoms with Crippen molar-refractivity contribution in [2.75, 3.05) is 11.6 Å². The number of nitro benzene ring substituents is 1. The summed E-state index contributed by atoms with van der Waals surface area (Å²) in [6.07, 6.45) is 0.0743. The third-order valence-electron chi connectivity index (χ3n) is 2.23. The standard InChI is InChI=1S/C12H16N2O6S/c1-12(2,3)20-11(15)13-9-6-5-8(21(4,18)19)7-10(9)14(16)17/h5-7H,1-4H3,(H,13,15). The molecule has 1 amide bonds. The number of hydrogen-bond donors (Lipinski definition) is 1. The largest absolute Gasteiger partial charge is 0.444 e. The number of ether oxygens (including phenoxy) is 1. The third kappa shape index (κ3) is 5.03. The molecule has 21 heavy (non-hydrogen) atoms. The monoisotopic (exact) mass is 316 g/mol. The fraction of sp³-hybridized carbons (Fsp3) is 0.417. The zero-order valence-corrected chi connectivity index (χ0v) is 12.9. The summed E-state index contributed by atoms with van der Waals surface area (Å²) in [4.78, 5) is 21.6. The molecule has 8 nitrogen and oxygen atoms in total. The molecule has 0 unspecified atom stereocenters. The van der Waals surface area contributed by atoms with E-state index in [9.17, 15) is 23.3 Å². The van der Waals surface area contributed by atoms with Crippen molar-refractivity contribution >= 4 is 27.3 Å². The van der Waals surface area contributed by atoms with Crippen LogP contribution < -0.4 is 5.32 Å². The van der Waals surface area contributed by atoms with Crippen molar-refractivity contribution in [1.82, 2.24) is 0 Å². The van der Waals surface area contributed by atoms with Gasteiger partial charge in [-0.3, -0.25) is 15.4 Å². The average molecular weight is 316 g/mol. The minimum atomic E-state index is -3.58. The van der Waals surface area contributed by atoms with Crippen molar-refractivity contribution in [3.8, 4) is 0 Å². The first-order chi connectivity index (χ1) is 9.40. The molecule has 0 bridgehead atoms. The molecule has 0 spiro atoms. The summed E-state index contributed by atoms with van der Waals surface area (Å²) < 4.78 is 27.8. The first-order valence-corrected chi connectivity index (χ1v) is 7.78. The first kappa shape index (κ1) is 16.9. The molecular formula is C12H16N2O6S. The van der Waals surface area contributed by atoms with Crippen LogP contribution in [0.25, 0.3) is 0 Å². The molecule has 0 atom stereocenters. The van der Waals surface area contributed by atoms with Crippen molar-refractivity contribution in [2.24, 2.45) is 0 Å². The second-order valence-electron chi connectivity index (χ2n) is 5.34. The van der Waals surface area contributed by atoms with Crippen LogP contribution in [0, 0.1) is 10.1 Å². The van der Waals surface area contributed by atoms with Crippen LogP contribution in [0.3, 0.4) is 0 Å². The summed E-state index contributed by atoms with van der Waals surface area (Å²) in [5, 5.41) is 13.2. The van der Waals surface area contributed by atoms with Crippen LogP contribution in [0.15, 0.2) is 23.1 Å². The van der Waals surface area contributed by atoms with Crippen LogP contribution in [0.4, 0.5) is 16.2 Å². The zero-order valence-electron chi connectivity index (χ0n) is 12.0. The van der Waals surface area contributed by atoms with Crippen LogP contribution in [0.5, 0.6) is 0 Å². The van der Waals surface area contributed by atoms with Gasteiger partial charge in [0, 0.05) is 12.3 Å². The number of benzene rings is 1. The van der Waals surface area contributed by atoms with Crippen molar-refractivity contribution in [1.29, 1.82) is 0 Å². The molecule has 0 radical (unpaired) electrons.